The minimum absolute atomic E-state index is 0.262. The van der Waals surface area contributed by atoms with E-state index >= 15 is 0 Å². The van der Waals surface area contributed by atoms with Crippen LogP contribution in [0.15, 0.2) is 61.3 Å². The van der Waals surface area contributed by atoms with Crippen LogP contribution in [0.3, 0.4) is 0 Å². The molecule has 3 heterocycles. The van der Waals surface area contributed by atoms with E-state index in [1.807, 2.05) is 24.4 Å². The van der Waals surface area contributed by atoms with Crippen molar-refractivity contribution in [3.8, 4) is 5.75 Å². The minimum Gasteiger partial charge on any atom is -0.487 e. The number of carbonyl (C=O) groups is 2. The molecule has 0 saturated carbocycles. The van der Waals surface area contributed by atoms with E-state index in [2.05, 4.69) is 34.4 Å². The van der Waals surface area contributed by atoms with Gasteiger partial charge in [-0.1, -0.05) is 6.58 Å². The van der Waals surface area contributed by atoms with E-state index in [1.165, 1.54) is 17.2 Å². The van der Waals surface area contributed by atoms with Crippen molar-refractivity contribution in [2.75, 3.05) is 29.2 Å². The van der Waals surface area contributed by atoms with Crippen LogP contribution in [0.2, 0.25) is 0 Å². The molecule has 1 fully saturated rings. The lowest BCUT2D eigenvalue weighted by Crippen LogP contribution is -2.18. The standard InChI is InChI=1S/C28H28N4O4/c1-3-25(33)30-20-6-4-19(5-7-20)28(34)31-21-8-9-24-23(14-21)32-27-22(16-36-24)26(17(2)15-29-27)18-10-12-35-13-11-18/h3-9,14-15,18H,1,10-13,16H2,2H3,(H,29,32)(H,30,33)(H,31,34). The zero-order chi connectivity index (χ0) is 25.1. The molecule has 2 aliphatic rings. The molecule has 0 atom stereocenters. The van der Waals surface area contributed by atoms with Gasteiger partial charge in [-0.2, -0.15) is 0 Å². The Balaban J connectivity index is 1.34. The first kappa shape index (κ1) is 23.6. The van der Waals surface area contributed by atoms with Gasteiger partial charge in [0.05, 0.1) is 5.69 Å². The number of benzene rings is 2. The third-order valence-corrected chi connectivity index (χ3v) is 6.52. The highest BCUT2D eigenvalue weighted by Gasteiger charge is 2.26. The van der Waals surface area contributed by atoms with Gasteiger partial charge in [-0.05, 0) is 85.4 Å². The van der Waals surface area contributed by atoms with Crippen molar-refractivity contribution in [1.29, 1.82) is 0 Å². The summed E-state index contributed by atoms with van der Waals surface area (Å²) in [6.07, 6.45) is 5.08. The quantitative estimate of drug-likeness (QED) is 0.425. The zero-order valence-corrected chi connectivity index (χ0v) is 20.1. The number of ether oxygens (including phenoxy) is 2. The molecule has 184 valence electrons. The number of anilines is 4. The van der Waals surface area contributed by atoms with Gasteiger partial charge in [0.2, 0.25) is 5.91 Å². The van der Waals surface area contributed by atoms with Crippen LogP contribution in [-0.2, 0) is 16.1 Å². The smallest absolute Gasteiger partial charge is 0.255 e. The first-order valence-corrected chi connectivity index (χ1v) is 12.0. The van der Waals surface area contributed by atoms with Crippen molar-refractivity contribution < 1.29 is 19.1 Å². The van der Waals surface area contributed by atoms with Crippen LogP contribution in [0.4, 0.5) is 22.9 Å². The van der Waals surface area contributed by atoms with E-state index in [9.17, 15) is 9.59 Å². The van der Waals surface area contributed by atoms with Gasteiger partial charge in [-0.3, -0.25) is 9.59 Å². The van der Waals surface area contributed by atoms with Crippen LogP contribution in [0.1, 0.15) is 45.8 Å². The van der Waals surface area contributed by atoms with Crippen molar-refractivity contribution in [2.45, 2.75) is 32.3 Å². The monoisotopic (exact) mass is 484 g/mol. The molecule has 36 heavy (non-hydrogen) atoms. The SMILES string of the molecule is C=CC(=O)Nc1ccc(C(=O)Nc2ccc3c(c2)Nc2ncc(C)c(C4CCOCC4)c2CO3)cc1. The van der Waals surface area contributed by atoms with Gasteiger partial charge in [0.15, 0.2) is 0 Å². The third-order valence-electron chi connectivity index (χ3n) is 6.52. The van der Waals surface area contributed by atoms with Gasteiger partial charge in [0.1, 0.15) is 18.2 Å². The first-order chi connectivity index (χ1) is 17.5. The lowest BCUT2D eigenvalue weighted by atomic mass is 9.86. The highest BCUT2D eigenvalue weighted by atomic mass is 16.5. The molecule has 0 bridgehead atoms. The fraction of sp³-hybridized carbons (Fsp3) is 0.250. The van der Waals surface area contributed by atoms with Crippen molar-refractivity contribution in [1.82, 2.24) is 4.98 Å². The van der Waals surface area contributed by atoms with Crippen LogP contribution >= 0.6 is 0 Å². The lowest BCUT2D eigenvalue weighted by molar-refractivity contribution is -0.111. The Bertz CT molecular complexity index is 1310. The predicted octanol–water partition coefficient (Wildman–Crippen LogP) is 5.30. The summed E-state index contributed by atoms with van der Waals surface area (Å²) in [5.41, 5.74) is 5.96. The van der Waals surface area contributed by atoms with E-state index in [1.54, 1.807) is 24.3 Å². The number of aryl methyl sites for hydroxylation is 1. The number of fused-ring (bicyclic) bond motifs is 2. The maximum Gasteiger partial charge on any atom is 0.255 e. The van der Waals surface area contributed by atoms with E-state index in [0.717, 1.165) is 43.1 Å². The van der Waals surface area contributed by atoms with Crippen LogP contribution in [-0.4, -0.2) is 30.0 Å². The molecule has 8 nitrogen and oxygen atoms in total. The third kappa shape index (κ3) is 4.94. The van der Waals surface area contributed by atoms with Crippen LogP contribution in [0.5, 0.6) is 5.75 Å². The lowest BCUT2D eigenvalue weighted by Gasteiger charge is -2.26. The molecule has 2 aliphatic heterocycles. The molecule has 0 aliphatic carbocycles. The number of nitrogens with zero attached hydrogens (tertiary/aromatic N) is 1. The van der Waals surface area contributed by atoms with Gasteiger partial charge in [0, 0.05) is 41.9 Å². The molecule has 8 heteroatoms. The number of carbonyl (C=O) groups excluding carboxylic acids is 2. The summed E-state index contributed by atoms with van der Waals surface area (Å²) in [5, 5.41) is 9.01. The molecule has 3 N–H and O–H groups in total. The summed E-state index contributed by atoms with van der Waals surface area (Å²) in [4.78, 5) is 28.9. The van der Waals surface area contributed by atoms with Gasteiger partial charge < -0.3 is 25.4 Å². The topological polar surface area (TPSA) is 102 Å². The molecule has 0 spiro atoms. The Morgan fingerprint density at radius 3 is 2.58 bits per heavy atom. The summed E-state index contributed by atoms with van der Waals surface area (Å²) < 4.78 is 11.7. The van der Waals surface area contributed by atoms with Crippen LogP contribution in [0.25, 0.3) is 0 Å². The average molecular weight is 485 g/mol. The number of rotatable bonds is 5. The van der Waals surface area contributed by atoms with Crippen molar-refractivity contribution in [3.63, 3.8) is 0 Å². The van der Waals surface area contributed by atoms with Crippen molar-refractivity contribution >= 4 is 34.7 Å². The molecule has 1 aromatic heterocycles. The summed E-state index contributed by atoms with van der Waals surface area (Å²) in [5.74, 6) is 1.33. The van der Waals surface area contributed by atoms with Crippen LogP contribution < -0.4 is 20.7 Å². The highest BCUT2D eigenvalue weighted by Crippen LogP contribution is 2.40. The van der Waals surface area contributed by atoms with Gasteiger partial charge in [-0.15, -0.1) is 0 Å². The normalized spacial score (nSPS) is 14.8. The Kier molecular flexibility index (Phi) is 6.69. The molecule has 5 rings (SSSR count). The molecular weight excluding hydrogens is 456 g/mol. The second kappa shape index (κ2) is 10.2. The molecular formula is C28H28N4O4. The number of amides is 2. The predicted molar refractivity (Wildman–Crippen MR) is 139 cm³/mol. The molecule has 2 amide bonds. The Labute approximate surface area is 209 Å². The maximum atomic E-state index is 12.8. The zero-order valence-electron chi connectivity index (χ0n) is 20.1. The summed E-state index contributed by atoms with van der Waals surface area (Å²) in [6, 6.07) is 12.1. The number of hydrogen-bond donors (Lipinski definition) is 3. The van der Waals surface area contributed by atoms with E-state index in [4.69, 9.17) is 9.47 Å². The molecule has 1 saturated heterocycles. The number of pyridine rings is 1. The van der Waals surface area contributed by atoms with Gasteiger partial charge in [-0.25, -0.2) is 4.98 Å². The Morgan fingerprint density at radius 1 is 1.08 bits per heavy atom. The largest absolute Gasteiger partial charge is 0.487 e. The summed E-state index contributed by atoms with van der Waals surface area (Å²) >= 11 is 0. The van der Waals surface area contributed by atoms with Crippen molar-refractivity contribution in [3.05, 3.63) is 83.6 Å². The van der Waals surface area contributed by atoms with E-state index in [0.29, 0.717) is 35.2 Å². The first-order valence-electron chi connectivity index (χ1n) is 12.0. The van der Waals surface area contributed by atoms with Gasteiger partial charge in [0.25, 0.3) is 5.91 Å². The summed E-state index contributed by atoms with van der Waals surface area (Å²) in [7, 11) is 0. The minimum atomic E-state index is -0.307. The molecule has 0 unspecified atom stereocenters. The van der Waals surface area contributed by atoms with Crippen LogP contribution in [0, 0.1) is 6.92 Å². The second-order valence-electron chi connectivity index (χ2n) is 8.92. The molecule has 0 radical (unpaired) electrons. The van der Waals surface area contributed by atoms with E-state index < -0.39 is 0 Å². The fourth-order valence-corrected chi connectivity index (χ4v) is 4.69. The van der Waals surface area contributed by atoms with E-state index in [-0.39, 0.29) is 11.8 Å². The number of nitrogens with one attached hydrogen (secondary N) is 3. The average Bonchev–Trinajstić information content (AvgIpc) is 3.08. The number of hydrogen-bond acceptors (Lipinski definition) is 6. The maximum absolute atomic E-state index is 12.8. The highest BCUT2D eigenvalue weighted by molar-refractivity contribution is 6.05. The Morgan fingerprint density at radius 2 is 1.83 bits per heavy atom. The van der Waals surface area contributed by atoms with Crippen molar-refractivity contribution in [2.24, 2.45) is 0 Å². The summed E-state index contributed by atoms with van der Waals surface area (Å²) in [6.45, 7) is 7.50. The Hall–Kier alpha value is -4.17. The second-order valence-corrected chi connectivity index (χ2v) is 8.92. The molecule has 2 aromatic carbocycles. The van der Waals surface area contributed by atoms with Gasteiger partial charge >= 0.3 is 0 Å². The number of aromatic nitrogens is 1. The fourth-order valence-electron chi connectivity index (χ4n) is 4.69. The molecule has 3 aromatic rings.